The fourth-order valence-electron chi connectivity index (χ4n) is 3.10. The number of nitrogens with zero attached hydrogens (tertiary/aromatic N) is 1. The monoisotopic (exact) mass is 390 g/mol. The fourth-order valence-corrected chi connectivity index (χ4v) is 3.84. The maximum Gasteiger partial charge on any atom is 0.321 e. The van der Waals surface area contributed by atoms with Crippen LogP contribution >= 0.6 is 11.3 Å². The first-order chi connectivity index (χ1) is 13.1. The molecular weight excluding hydrogens is 367 g/mol. The van der Waals surface area contributed by atoms with Crippen molar-refractivity contribution in [2.24, 2.45) is 5.92 Å². The third kappa shape index (κ3) is 6.02. The quantitative estimate of drug-likeness (QED) is 0.677. The van der Waals surface area contributed by atoms with Crippen molar-refractivity contribution in [1.82, 2.24) is 15.6 Å². The highest BCUT2D eigenvalue weighted by atomic mass is 32.1. The minimum absolute atomic E-state index is 0.137. The average molecular weight is 390 g/mol. The SMILES string of the molecule is O=C(NCc1cccc(F)c1)Nc1nc(CCNC(=O)C2CCCC2)cs1. The number of halogens is 1. The topological polar surface area (TPSA) is 83.1 Å². The Balaban J connectivity index is 1.38. The smallest absolute Gasteiger partial charge is 0.321 e. The molecule has 0 atom stereocenters. The molecule has 6 nitrogen and oxygen atoms in total. The van der Waals surface area contributed by atoms with Crippen LogP contribution in [0.25, 0.3) is 0 Å². The van der Waals surface area contributed by atoms with Crippen LogP contribution in [0, 0.1) is 11.7 Å². The van der Waals surface area contributed by atoms with Gasteiger partial charge in [-0.2, -0.15) is 0 Å². The zero-order valence-electron chi connectivity index (χ0n) is 15.0. The third-order valence-electron chi connectivity index (χ3n) is 4.52. The molecular formula is C19H23FN4O2S. The number of nitrogens with one attached hydrogen (secondary N) is 3. The third-order valence-corrected chi connectivity index (χ3v) is 5.33. The van der Waals surface area contributed by atoms with E-state index in [1.165, 1.54) is 23.5 Å². The van der Waals surface area contributed by atoms with E-state index in [1.807, 2.05) is 5.38 Å². The Morgan fingerprint density at radius 3 is 2.81 bits per heavy atom. The summed E-state index contributed by atoms with van der Waals surface area (Å²) in [6.45, 7) is 0.777. The van der Waals surface area contributed by atoms with Crippen LogP contribution in [-0.2, 0) is 17.8 Å². The van der Waals surface area contributed by atoms with E-state index in [0.717, 1.165) is 31.4 Å². The van der Waals surface area contributed by atoms with Crippen LogP contribution < -0.4 is 16.0 Å². The number of hydrogen-bond acceptors (Lipinski definition) is 4. The van der Waals surface area contributed by atoms with E-state index in [1.54, 1.807) is 12.1 Å². The first-order valence-corrected chi connectivity index (χ1v) is 9.99. The maximum atomic E-state index is 13.1. The molecule has 1 heterocycles. The minimum Gasteiger partial charge on any atom is -0.355 e. The van der Waals surface area contributed by atoms with Crippen LogP contribution in [0.3, 0.4) is 0 Å². The van der Waals surface area contributed by atoms with Crippen molar-refractivity contribution in [2.45, 2.75) is 38.6 Å². The number of carbonyl (C=O) groups is 2. The molecule has 8 heteroatoms. The van der Waals surface area contributed by atoms with Crippen molar-refractivity contribution in [2.75, 3.05) is 11.9 Å². The zero-order valence-corrected chi connectivity index (χ0v) is 15.8. The summed E-state index contributed by atoms with van der Waals surface area (Å²) in [5.41, 5.74) is 1.51. The van der Waals surface area contributed by atoms with Gasteiger partial charge in [-0.25, -0.2) is 14.2 Å². The highest BCUT2D eigenvalue weighted by molar-refractivity contribution is 7.13. The van der Waals surface area contributed by atoms with Crippen molar-refractivity contribution in [3.8, 4) is 0 Å². The lowest BCUT2D eigenvalue weighted by atomic mass is 10.1. The Labute approximate surface area is 161 Å². The van der Waals surface area contributed by atoms with Gasteiger partial charge in [-0.3, -0.25) is 10.1 Å². The number of amides is 3. The number of benzene rings is 1. The van der Waals surface area contributed by atoms with Gasteiger partial charge in [0.25, 0.3) is 0 Å². The molecule has 2 aromatic rings. The molecule has 3 N–H and O–H groups in total. The molecule has 1 aromatic carbocycles. The van der Waals surface area contributed by atoms with Crippen molar-refractivity contribution in [3.05, 3.63) is 46.7 Å². The number of urea groups is 1. The molecule has 27 heavy (non-hydrogen) atoms. The van der Waals surface area contributed by atoms with E-state index in [-0.39, 0.29) is 24.2 Å². The Morgan fingerprint density at radius 1 is 1.22 bits per heavy atom. The maximum absolute atomic E-state index is 13.1. The molecule has 0 bridgehead atoms. The van der Waals surface area contributed by atoms with Gasteiger partial charge in [0.05, 0.1) is 5.69 Å². The summed E-state index contributed by atoms with van der Waals surface area (Å²) in [7, 11) is 0. The number of aromatic nitrogens is 1. The second-order valence-corrected chi connectivity index (χ2v) is 7.46. The molecule has 3 amide bonds. The summed E-state index contributed by atoms with van der Waals surface area (Å²) in [5.74, 6) is -0.0310. The highest BCUT2D eigenvalue weighted by Gasteiger charge is 2.22. The normalized spacial score (nSPS) is 14.1. The summed E-state index contributed by atoms with van der Waals surface area (Å²) < 4.78 is 13.1. The summed E-state index contributed by atoms with van der Waals surface area (Å²) in [6.07, 6.45) is 4.88. The van der Waals surface area contributed by atoms with Gasteiger partial charge in [-0.05, 0) is 30.5 Å². The number of rotatable bonds is 7. The molecule has 0 radical (unpaired) electrons. The van der Waals surface area contributed by atoms with Gasteiger partial charge in [0.2, 0.25) is 5.91 Å². The van der Waals surface area contributed by atoms with Gasteiger partial charge in [0.1, 0.15) is 5.82 Å². The van der Waals surface area contributed by atoms with Gasteiger partial charge in [-0.15, -0.1) is 11.3 Å². The predicted octanol–water partition coefficient (Wildman–Crippen LogP) is 3.45. The van der Waals surface area contributed by atoms with Gasteiger partial charge < -0.3 is 10.6 Å². The second kappa shape index (κ2) is 9.45. The molecule has 0 spiro atoms. The summed E-state index contributed by atoms with van der Waals surface area (Å²) >= 11 is 1.33. The zero-order chi connectivity index (χ0) is 19.1. The van der Waals surface area contributed by atoms with Crippen molar-refractivity contribution in [1.29, 1.82) is 0 Å². The van der Waals surface area contributed by atoms with E-state index in [4.69, 9.17) is 0 Å². The van der Waals surface area contributed by atoms with E-state index in [0.29, 0.717) is 23.7 Å². The van der Waals surface area contributed by atoms with Crippen LogP contribution in [0.4, 0.5) is 14.3 Å². The van der Waals surface area contributed by atoms with Crippen LogP contribution in [0.15, 0.2) is 29.6 Å². The van der Waals surface area contributed by atoms with E-state index in [9.17, 15) is 14.0 Å². The summed E-state index contributed by atoms with van der Waals surface area (Å²) in [5, 5.41) is 10.6. The average Bonchev–Trinajstić information content (AvgIpc) is 3.32. The number of carbonyl (C=O) groups excluding carboxylic acids is 2. The van der Waals surface area contributed by atoms with E-state index >= 15 is 0 Å². The largest absolute Gasteiger partial charge is 0.355 e. The molecule has 0 saturated heterocycles. The number of thiazole rings is 1. The molecule has 1 saturated carbocycles. The van der Waals surface area contributed by atoms with Crippen LogP contribution in [0.1, 0.15) is 36.9 Å². The lowest BCUT2D eigenvalue weighted by Gasteiger charge is -2.09. The summed E-state index contributed by atoms with van der Waals surface area (Å²) in [6, 6.07) is 5.68. The molecule has 0 aliphatic heterocycles. The lowest BCUT2D eigenvalue weighted by Crippen LogP contribution is -2.31. The minimum atomic E-state index is -0.394. The first-order valence-electron chi connectivity index (χ1n) is 9.11. The molecule has 1 aliphatic rings. The first kappa shape index (κ1) is 19.3. The molecule has 1 fully saturated rings. The van der Waals surface area contributed by atoms with E-state index in [2.05, 4.69) is 20.9 Å². The predicted molar refractivity (Wildman–Crippen MR) is 103 cm³/mol. The van der Waals surface area contributed by atoms with Crippen molar-refractivity contribution in [3.63, 3.8) is 0 Å². The molecule has 0 unspecified atom stereocenters. The molecule has 144 valence electrons. The standard InChI is InChI=1S/C19H23FN4O2S/c20-15-7-3-4-13(10-15)11-22-18(26)24-19-23-16(12-27-19)8-9-21-17(25)14-5-1-2-6-14/h3-4,7,10,12,14H,1-2,5-6,8-9,11H2,(H,21,25)(H2,22,23,24,26). The Bertz CT molecular complexity index is 790. The Morgan fingerprint density at radius 2 is 2.04 bits per heavy atom. The van der Waals surface area contributed by atoms with Gasteiger partial charge in [-0.1, -0.05) is 25.0 Å². The van der Waals surface area contributed by atoms with Crippen molar-refractivity contribution >= 4 is 28.4 Å². The van der Waals surface area contributed by atoms with E-state index < -0.39 is 6.03 Å². The number of anilines is 1. The second-order valence-electron chi connectivity index (χ2n) is 6.60. The van der Waals surface area contributed by atoms with Gasteiger partial charge in [0, 0.05) is 30.8 Å². The lowest BCUT2D eigenvalue weighted by molar-refractivity contribution is -0.124. The highest BCUT2D eigenvalue weighted by Crippen LogP contribution is 2.24. The summed E-state index contributed by atoms with van der Waals surface area (Å²) in [4.78, 5) is 28.3. The molecule has 3 rings (SSSR count). The Hall–Kier alpha value is -2.48. The fraction of sp³-hybridized carbons (Fsp3) is 0.421. The van der Waals surface area contributed by atoms with Gasteiger partial charge in [0.15, 0.2) is 5.13 Å². The molecule has 1 aromatic heterocycles. The van der Waals surface area contributed by atoms with Crippen LogP contribution in [-0.4, -0.2) is 23.5 Å². The van der Waals surface area contributed by atoms with Crippen molar-refractivity contribution < 1.29 is 14.0 Å². The van der Waals surface area contributed by atoms with Gasteiger partial charge >= 0.3 is 6.03 Å². The van der Waals surface area contributed by atoms with Crippen LogP contribution in [0.2, 0.25) is 0 Å². The number of hydrogen-bond donors (Lipinski definition) is 3. The van der Waals surface area contributed by atoms with Crippen LogP contribution in [0.5, 0.6) is 0 Å². The molecule has 1 aliphatic carbocycles. The Kier molecular flexibility index (Phi) is 6.75.